The quantitative estimate of drug-likeness (QED) is 0.864. The molecule has 0 saturated carbocycles. The summed E-state index contributed by atoms with van der Waals surface area (Å²) >= 11 is 0. The van der Waals surface area contributed by atoms with E-state index in [1.807, 2.05) is 0 Å². The fourth-order valence-electron chi connectivity index (χ4n) is 3.52. The molecule has 3 heterocycles. The number of nitrogens with two attached hydrogens (primary N) is 1. The van der Waals surface area contributed by atoms with Crippen LogP contribution in [0.15, 0.2) is 30.3 Å². The van der Waals surface area contributed by atoms with Gasteiger partial charge >= 0.3 is 0 Å². The van der Waals surface area contributed by atoms with Gasteiger partial charge in [0.15, 0.2) is 0 Å². The minimum absolute atomic E-state index is 0.224. The third-order valence-electron chi connectivity index (χ3n) is 4.58. The maximum Gasteiger partial charge on any atom is 0.0298 e. The van der Waals surface area contributed by atoms with Gasteiger partial charge in [0.2, 0.25) is 0 Å². The van der Waals surface area contributed by atoms with Gasteiger partial charge in [-0.25, -0.2) is 0 Å². The highest BCUT2D eigenvalue weighted by atomic mass is 15.1. The van der Waals surface area contributed by atoms with Crippen molar-refractivity contribution in [3.63, 3.8) is 0 Å². The molecule has 1 aromatic carbocycles. The van der Waals surface area contributed by atoms with E-state index >= 15 is 0 Å². The van der Waals surface area contributed by atoms with Gasteiger partial charge in [0, 0.05) is 12.6 Å². The highest BCUT2D eigenvalue weighted by Crippen LogP contribution is 2.36. The lowest BCUT2D eigenvalue weighted by Gasteiger charge is -2.45. The Kier molecular flexibility index (Phi) is 3.17. The number of hydrogen-bond donors (Lipinski definition) is 1. The predicted molar refractivity (Wildman–Crippen MR) is 70.6 cm³/mol. The van der Waals surface area contributed by atoms with Gasteiger partial charge in [-0.05, 0) is 49.8 Å². The van der Waals surface area contributed by atoms with Gasteiger partial charge in [-0.2, -0.15) is 0 Å². The molecule has 2 unspecified atom stereocenters. The summed E-state index contributed by atoms with van der Waals surface area (Å²) in [4.78, 5) is 2.61. The van der Waals surface area contributed by atoms with Crippen molar-refractivity contribution in [3.05, 3.63) is 35.9 Å². The van der Waals surface area contributed by atoms with E-state index in [1.165, 1.54) is 38.0 Å². The largest absolute Gasteiger partial charge is 0.324 e. The first-order valence-electron chi connectivity index (χ1n) is 6.86. The second-order valence-corrected chi connectivity index (χ2v) is 5.65. The van der Waals surface area contributed by atoms with Crippen molar-refractivity contribution in [2.45, 2.75) is 25.3 Å². The van der Waals surface area contributed by atoms with Crippen LogP contribution < -0.4 is 5.73 Å². The lowest BCUT2D eigenvalue weighted by molar-refractivity contribution is 0.0433. The average Bonchev–Trinajstić information content (AvgIpc) is 2.41. The summed E-state index contributed by atoms with van der Waals surface area (Å²) < 4.78 is 0. The van der Waals surface area contributed by atoms with E-state index in [4.69, 9.17) is 5.73 Å². The first-order valence-corrected chi connectivity index (χ1v) is 6.86. The van der Waals surface area contributed by atoms with Crippen LogP contribution in [-0.2, 0) is 0 Å². The van der Waals surface area contributed by atoms with Crippen molar-refractivity contribution >= 4 is 0 Å². The van der Waals surface area contributed by atoms with Crippen LogP contribution in [0, 0.1) is 11.8 Å². The number of fused-ring (bicyclic) bond motifs is 3. The van der Waals surface area contributed by atoms with Gasteiger partial charge in [0.05, 0.1) is 0 Å². The average molecular weight is 230 g/mol. The molecule has 3 aliphatic heterocycles. The molecule has 92 valence electrons. The molecule has 0 aliphatic carbocycles. The van der Waals surface area contributed by atoms with Gasteiger partial charge in [0.25, 0.3) is 0 Å². The van der Waals surface area contributed by atoms with Crippen molar-refractivity contribution in [1.82, 2.24) is 4.90 Å². The van der Waals surface area contributed by atoms with Crippen molar-refractivity contribution in [2.75, 3.05) is 19.6 Å². The van der Waals surface area contributed by atoms with E-state index in [0.717, 1.165) is 18.3 Å². The van der Waals surface area contributed by atoms with Crippen LogP contribution in [0.1, 0.15) is 30.9 Å². The Balaban J connectivity index is 1.64. The van der Waals surface area contributed by atoms with Gasteiger partial charge in [-0.1, -0.05) is 30.3 Å². The molecule has 1 aromatic rings. The van der Waals surface area contributed by atoms with Crippen molar-refractivity contribution in [3.8, 4) is 0 Å². The van der Waals surface area contributed by atoms with Crippen LogP contribution in [-0.4, -0.2) is 24.5 Å². The lowest BCUT2D eigenvalue weighted by Crippen LogP contribution is -2.48. The fourth-order valence-corrected chi connectivity index (χ4v) is 3.52. The number of nitrogens with zero attached hydrogens (tertiary/aromatic N) is 1. The van der Waals surface area contributed by atoms with Gasteiger partial charge < -0.3 is 10.6 Å². The van der Waals surface area contributed by atoms with Crippen LogP contribution in [0.4, 0.5) is 0 Å². The summed E-state index contributed by atoms with van der Waals surface area (Å²) in [6, 6.07) is 10.8. The third kappa shape index (κ3) is 2.38. The summed E-state index contributed by atoms with van der Waals surface area (Å²) in [6.07, 6.45) is 3.95. The minimum atomic E-state index is 0.224. The topological polar surface area (TPSA) is 29.3 Å². The molecule has 2 atom stereocenters. The van der Waals surface area contributed by atoms with Crippen molar-refractivity contribution in [1.29, 1.82) is 0 Å². The summed E-state index contributed by atoms with van der Waals surface area (Å²) in [7, 11) is 0. The second kappa shape index (κ2) is 4.79. The summed E-state index contributed by atoms with van der Waals surface area (Å²) in [5.41, 5.74) is 7.63. The van der Waals surface area contributed by atoms with E-state index in [0.29, 0.717) is 0 Å². The molecule has 3 fully saturated rings. The molecule has 3 saturated heterocycles. The molecule has 17 heavy (non-hydrogen) atoms. The van der Waals surface area contributed by atoms with Gasteiger partial charge in [0.1, 0.15) is 0 Å². The lowest BCUT2D eigenvalue weighted by atomic mass is 9.75. The Bertz CT molecular complexity index is 354. The molecule has 3 aliphatic rings. The maximum atomic E-state index is 6.34. The first-order chi connectivity index (χ1) is 8.33. The molecule has 2 N–H and O–H groups in total. The predicted octanol–water partition coefficient (Wildman–Crippen LogP) is 2.42. The van der Waals surface area contributed by atoms with E-state index in [-0.39, 0.29) is 6.04 Å². The number of rotatable bonds is 3. The highest BCUT2D eigenvalue weighted by Gasteiger charge is 2.34. The monoisotopic (exact) mass is 230 g/mol. The van der Waals surface area contributed by atoms with Crippen LogP contribution in [0.3, 0.4) is 0 Å². The SMILES string of the molecule is NC(CC1CN2CCC1CC2)c1ccccc1. The fraction of sp³-hybridized carbons (Fsp3) is 0.600. The Morgan fingerprint density at radius 1 is 1.18 bits per heavy atom. The van der Waals surface area contributed by atoms with E-state index in [1.54, 1.807) is 0 Å². The number of piperidine rings is 3. The molecule has 4 rings (SSSR count). The zero-order chi connectivity index (χ0) is 11.7. The van der Waals surface area contributed by atoms with Crippen LogP contribution in [0.25, 0.3) is 0 Å². The number of benzene rings is 1. The summed E-state index contributed by atoms with van der Waals surface area (Å²) in [6.45, 7) is 3.93. The van der Waals surface area contributed by atoms with Crippen molar-refractivity contribution in [2.24, 2.45) is 17.6 Å². The van der Waals surface area contributed by atoms with Gasteiger partial charge in [-0.3, -0.25) is 0 Å². The Labute approximate surface area is 104 Å². The molecule has 2 nitrogen and oxygen atoms in total. The van der Waals surface area contributed by atoms with Crippen LogP contribution >= 0.6 is 0 Å². The summed E-state index contributed by atoms with van der Waals surface area (Å²) in [5.74, 6) is 1.77. The molecule has 0 amide bonds. The standard InChI is InChI=1S/C15H22N2/c16-15(13-4-2-1-3-5-13)10-14-11-17-8-6-12(14)7-9-17/h1-5,12,14-15H,6-11,16H2. The molecular weight excluding hydrogens is 208 g/mol. The summed E-state index contributed by atoms with van der Waals surface area (Å²) in [5, 5.41) is 0. The highest BCUT2D eigenvalue weighted by molar-refractivity contribution is 5.18. The first kappa shape index (κ1) is 11.2. The van der Waals surface area contributed by atoms with Gasteiger partial charge in [-0.15, -0.1) is 0 Å². The third-order valence-corrected chi connectivity index (χ3v) is 4.58. The molecule has 2 bridgehead atoms. The van der Waals surface area contributed by atoms with E-state index in [9.17, 15) is 0 Å². The molecule has 0 aromatic heterocycles. The van der Waals surface area contributed by atoms with Crippen LogP contribution in [0.5, 0.6) is 0 Å². The minimum Gasteiger partial charge on any atom is -0.324 e. The van der Waals surface area contributed by atoms with Crippen LogP contribution in [0.2, 0.25) is 0 Å². The second-order valence-electron chi connectivity index (χ2n) is 5.65. The van der Waals surface area contributed by atoms with E-state index in [2.05, 4.69) is 35.2 Å². The molecule has 2 heteroatoms. The molecule has 0 radical (unpaired) electrons. The Hall–Kier alpha value is -0.860. The van der Waals surface area contributed by atoms with E-state index < -0.39 is 0 Å². The molecule has 0 spiro atoms. The smallest absolute Gasteiger partial charge is 0.0298 e. The zero-order valence-corrected chi connectivity index (χ0v) is 10.4. The van der Waals surface area contributed by atoms with Crippen molar-refractivity contribution < 1.29 is 0 Å². The Morgan fingerprint density at radius 2 is 1.88 bits per heavy atom. The maximum absolute atomic E-state index is 6.34. The zero-order valence-electron chi connectivity index (χ0n) is 10.4. The number of hydrogen-bond acceptors (Lipinski definition) is 2. The normalized spacial score (nSPS) is 33.6. The Morgan fingerprint density at radius 3 is 2.47 bits per heavy atom. The molecular formula is C15H22N2.